The molecule has 0 radical (unpaired) electrons. The highest BCUT2D eigenvalue weighted by atomic mass is 127. The fraction of sp³-hybridized carbons (Fsp3) is 0.565. The van der Waals surface area contributed by atoms with Gasteiger partial charge in [-0.05, 0) is 49.9 Å². The number of halogens is 1. The summed E-state index contributed by atoms with van der Waals surface area (Å²) in [5.74, 6) is 1.64. The highest BCUT2D eigenvalue weighted by molar-refractivity contribution is 14.0. The average molecular weight is 541 g/mol. The second kappa shape index (κ2) is 14.3. The zero-order valence-electron chi connectivity index (χ0n) is 18.7. The van der Waals surface area contributed by atoms with Gasteiger partial charge in [-0.2, -0.15) is 5.10 Å². The third-order valence-electron chi connectivity index (χ3n) is 5.34. The number of rotatable bonds is 11. The van der Waals surface area contributed by atoms with Crippen LogP contribution in [0.15, 0.2) is 41.5 Å². The van der Waals surface area contributed by atoms with Gasteiger partial charge in [0.2, 0.25) is 0 Å². The summed E-state index contributed by atoms with van der Waals surface area (Å²) in [4.78, 5) is 4.74. The molecular weight excluding hydrogens is 505 g/mol. The van der Waals surface area contributed by atoms with Crippen molar-refractivity contribution in [2.24, 2.45) is 4.99 Å². The molecule has 1 aromatic carbocycles. The molecule has 31 heavy (non-hydrogen) atoms. The van der Waals surface area contributed by atoms with E-state index in [1.165, 1.54) is 25.7 Å². The lowest BCUT2D eigenvalue weighted by Crippen LogP contribution is -2.38. The van der Waals surface area contributed by atoms with Crippen molar-refractivity contribution in [3.8, 4) is 5.75 Å². The van der Waals surface area contributed by atoms with E-state index >= 15 is 0 Å². The number of benzene rings is 1. The lowest BCUT2D eigenvalue weighted by Gasteiger charge is -2.13. The summed E-state index contributed by atoms with van der Waals surface area (Å²) in [5, 5.41) is 11.6. The molecule has 2 aromatic rings. The smallest absolute Gasteiger partial charge is 0.191 e. The normalized spacial score (nSPS) is 14.3. The lowest BCUT2D eigenvalue weighted by molar-refractivity contribution is 0.145. The Hall–Kier alpha value is -1.81. The summed E-state index contributed by atoms with van der Waals surface area (Å²) < 4.78 is 12.8. The zero-order valence-corrected chi connectivity index (χ0v) is 21.0. The van der Waals surface area contributed by atoms with Gasteiger partial charge in [-0.25, -0.2) is 4.99 Å². The first-order valence-electron chi connectivity index (χ1n) is 11.1. The van der Waals surface area contributed by atoms with Crippen molar-refractivity contribution in [1.82, 2.24) is 20.4 Å². The summed E-state index contributed by atoms with van der Waals surface area (Å²) in [6.07, 6.45) is 8.15. The molecule has 8 heteroatoms. The molecule has 0 spiro atoms. The number of hydrogen-bond donors (Lipinski definition) is 2. The Morgan fingerprint density at radius 3 is 2.65 bits per heavy atom. The van der Waals surface area contributed by atoms with Gasteiger partial charge in [0.05, 0.1) is 31.9 Å². The molecule has 2 N–H and O–H groups in total. The maximum atomic E-state index is 5.42. The van der Waals surface area contributed by atoms with Crippen molar-refractivity contribution in [1.29, 1.82) is 0 Å². The van der Waals surface area contributed by atoms with Crippen LogP contribution >= 0.6 is 24.0 Å². The average Bonchev–Trinajstić information content (AvgIpc) is 3.47. The first-order valence-corrected chi connectivity index (χ1v) is 11.1. The van der Waals surface area contributed by atoms with Crippen molar-refractivity contribution >= 4 is 29.9 Å². The first kappa shape index (κ1) is 25.5. The molecule has 172 valence electrons. The monoisotopic (exact) mass is 541 g/mol. The third-order valence-corrected chi connectivity index (χ3v) is 5.34. The Kier molecular flexibility index (Phi) is 11.7. The van der Waals surface area contributed by atoms with Crippen molar-refractivity contribution in [3.63, 3.8) is 0 Å². The van der Waals surface area contributed by atoms with Gasteiger partial charge in [-0.3, -0.25) is 4.68 Å². The quantitative estimate of drug-likeness (QED) is 0.192. The minimum atomic E-state index is 0. The molecule has 1 aliphatic rings. The van der Waals surface area contributed by atoms with Crippen LogP contribution in [0.25, 0.3) is 0 Å². The number of guanidine groups is 1. The molecule has 3 rings (SSSR count). The number of hydrogen-bond acceptors (Lipinski definition) is 4. The largest absolute Gasteiger partial charge is 0.497 e. The summed E-state index contributed by atoms with van der Waals surface area (Å²) in [6.45, 7) is 5.58. The van der Waals surface area contributed by atoms with Crippen LogP contribution in [-0.2, 0) is 17.8 Å². The molecule has 1 aliphatic carbocycles. The maximum Gasteiger partial charge on any atom is 0.191 e. The number of aromatic nitrogens is 2. The highest BCUT2D eigenvalue weighted by Crippen LogP contribution is 2.28. The van der Waals surface area contributed by atoms with Gasteiger partial charge in [0.1, 0.15) is 5.75 Å². The van der Waals surface area contributed by atoms with E-state index < -0.39 is 0 Å². The first-order chi connectivity index (χ1) is 14.8. The van der Waals surface area contributed by atoms with Gasteiger partial charge in [0, 0.05) is 26.0 Å². The number of methoxy groups -OCH3 is 1. The van der Waals surface area contributed by atoms with Crippen LogP contribution in [0.3, 0.4) is 0 Å². The van der Waals surface area contributed by atoms with Crippen LogP contribution in [-0.4, -0.2) is 42.6 Å². The predicted molar refractivity (Wildman–Crippen MR) is 135 cm³/mol. The lowest BCUT2D eigenvalue weighted by atomic mass is 10.2. The summed E-state index contributed by atoms with van der Waals surface area (Å²) in [5.41, 5.74) is 2.17. The predicted octanol–water partition coefficient (Wildman–Crippen LogP) is 4.29. The van der Waals surface area contributed by atoms with Crippen LogP contribution in [0.2, 0.25) is 0 Å². The van der Waals surface area contributed by atoms with E-state index in [4.69, 9.17) is 19.6 Å². The molecule has 1 saturated carbocycles. The standard InChI is InChI=1S/C23H35N5O2.HI/c1-3-30-16-6-14-24-23(25-17-19-9-11-22(29-2)12-10-19)26-18-20-13-15-28(27-20)21-7-4-5-8-21;/h9-13,15,21H,3-8,14,16-18H2,1-2H3,(H2,24,25,26);1H. The van der Waals surface area contributed by atoms with Crippen molar-refractivity contribution in [3.05, 3.63) is 47.8 Å². The molecule has 1 fully saturated rings. The van der Waals surface area contributed by atoms with Gasteiger partial charge in [0.25, 0.3) is 0 Å². The Morgan fingerprint density at radius 2 is 1.94 bits per heavy atom. The van der Waals surface area contributed by atoms with E-state index in [9.17, 15) is 0 Å². The van der Waals surface area contributed by atoms with Gasteiger partial charge in [-0.15, -0.1) is 24.0 Å². The van der Waals surface area contributed by atoms with Gasteiger partial charge >= 0.3 is 0 Å². The van der Waals surface area contributed by atoms with Crippen LogP contribution in [0.4, 0.5) is 0 Å². The third kappa shape index (κ3) is 8.68. The number of aliphatic imine (C=N–C) groups is 1. The van der Waals surface area contributed by atoms with E-state index in [1.807, 2.05) is 31.2 Å². The molecule has 0 saturated heterocycles. The Labute approximate surface area is 203 Å². The fourth-order valence-corrected chi connectivity index (χ4v) is 3.62. The summed E-state index contributed by atoms with van der Waals surface area (Å²) >= 11 is 0. The fourth-order valence-electron chi connectivity index (χ4n) is 3.62. The number of nitrogens with one attached hydrogen (secondary N) is 2. The molecule has 7 nitrogen and oxygen atoms in total. The summed E-state index contributed by atoms with van der Waals surface area (Å²) in [7, 11) is 1.68. The zero-order chi connectivity index (χ0) is 21.0. The van der Waals surface area contributed by atoms with E-state index in [1.54, 1.807) is 7.11 Å². The minimum absolute atomic E-state index is 0. The molecule has 0 aliphatic heterocycles. The van der Waals surface area contributed by atoms with Crippen LogP contribution < -0.4 is 15.4 Å². The number of nitrogens with zero attached hydrogens (tertiary/aromatic N) is 3. The second-order valence-electron chi connectivity index (χ2n) is 7.57. The Balaban J connectivity index is 0.00000341. The van der Waals surface area contributed by atoms with Crippen molar-refractivity contribution in [2.75, 3.05) is 26.9 Å². The maximum absolute atomic E-state index is 5.42. The van der Waals surface area contributed by atoms with Crippen molar-refractivity contribution in [2.45, 2.75) is 58.2 Å². The van der Waals surface area contributed by atoms with Crippen LogP contribution in [0.5, 0.6) is 5.75 Å². The molecule has 1 heterocycles. The second-order valence-corrected chi connectivity index (χ2v) is 7.57. The van der Waals surface area contributed by atoms with E-state index in [-0.39, 0.29) is 24.0 Å². The molecule has 0 bridgehead atoms. The molecule has 0 atom stereocenters. The minimum Gasteiger partial charge on any atom is -0.497 e. The van der Waals surface area contributed by atoms with E-state index in [2.05, 4.69) is 27.6 Å². The topological polar surface area (TPSA) is 72.7 Å². The number of ether oxygens (including phenoxy) is 2. The van der Waals surface area contributed by atoms with Crippen molar-refractivity contribution < 1.29 is 9.47 Å². The van der Waals surface area contributed by atoms with Gasteiger partial charge < -0.3 is 20.1 Å². The SMILES string of the molecule is CCOCCCNC(=NCc1ccc(OC)cc1)NCc1ccn(C2CCCC2)n1.I. The Bertz CT molecular complexity index is 773. The van der Waals surface area contributed by atoms with Crippen LogP contribution in [0.1, 0.15) is 56.3 Å². The molecule has 0 amide bonds. The molecular formula is C23H36IN5O2. The van der Waals surface area contributed by atoms with E-state index in [0.29, 0.717) is 19.1 Å². The summed E-state index contributed by atoms with van der Waals surface area (Å²) in [6, 6.07) is 10.7. The van der Waals surface area contributed by atoms with Crippen LogP contribution in [0, 0.1) is 0 Å². The van der Waals surface area contributed by atoms with E-state index in [0.717, 1.165) is 49.1 Å². The highest BCUT2D eigenvalue weighted by Gasteiger charge is 2.17. The van der Waals surface area contributed by atoms with Gasteiger partial charge in [0.15, 0.2) is 5.96 Å². The Morgan fingerprint density at radius 1 is 1.16 bits per heavy atom. The molecule has 1 aromatic heterocycles. The van der Waals surface area contributed by atoms with Gasteiger partial charge in [-0.1, -0.05) is 25.0 Å². The molecule has 0 unspecified atom stereocenters.